The number of aromatic nitrogens is 3. The highest BCUT2D eigenvalue weighted by molar-refractivity contribution is 6.30. The fourth-order valence-corrected chi connectivity index (χ4v) is 6.12. The molecule has 5 rings (SSSR count). The van der Waals surface area contributed by atoms with Gasteiger partial charge in [-0.15, -0.1) is 0 Å². The van der Waals surface area contributed by atoms with Crippen LogP contribution in [0.2, 0.25) is 5.02 Å². The summed E-state index contributed by atoms with van der Waals surface area (Å²) in [5, 5.41) is 16.6. The van der Waals surface area contributed by atoms with Gasteiger partial charge in [-0.2, -0.15) is 5.10 Å². The van der Waals surface area contributed by atoms with Crippen molar-refractivity contribution in [2.75, 3.05) is 31.1 Å². The van der Waals surface area contributed by atoms with Crippen molar-refractivity contribution < 1.29 is 14.3 Å². The summed E-state index contributed by atoms with van der Waals surface area (Å²) in [7, 11) is 1.60. The van der Waals surface area contributed by atoms with Gasteiger partial charge in [0.1, 0.15) is 11.6 Å². The minimum atomic E-state index is -1.18. The predicted octanol–water partition coefficient (Wildman–Crippen LogP) is 3.19. The van der Waals surface area contributed by atoms with E-state index in [2.05, 4.69) is 10.1 Å². The van der Waals surface area contributed by atoms with E-state index in [-0.39, 0.29) is 35.0 Å². The first kappa shape index (κ1) is 26.3. The average molecular weight is 540 g/mol. The van der Waals surface area contributed by atoms with Crippen LogP contribution in [-0.4, -0.2) is 56.9 Å². The van der Waals surface area contributed by atoms with Gasteiger partial charge in [-0.1, -0.05) is 37.6 Å². The van der Waals surface area contributed by atoms with Gasteiger partial charge in [0.2, 0.25) is 5.91 Å². The van der Waals surface area contributed by atoms with E-state index in [1.807, 2.05) is 29.7 Å². The molecule has 2 aliphatic rings. The van der Waals surface area contributed by atoms with Crippen LogP contribution in [0.4, 0.5) is 10.2 Å². The third-order valence-corrected chi connectivity index (χ3v) is 8.37. The van der Waals surface area contributed by atoms with Gasteiger partial charge in [0.15, 0.2) is 0 Å². The van der Waals surface area contributed by atoms with Crippen LogP contribution >= 0.6 is 11.6 Å². The van der Waals surface area contributed by atoms with Gasteiger partial charge >= 0.3 is 0 Å². The second-order valence-corrected chi connectivity index (χ2v) is 11.0. The summed E-state index contributed by atoms with van der Waals surface area (Å²) in [4.78, 5) is 34.3. The maximum absolute atomic E-state index is 14.1. The standard InChI is InChI=1S/C28H31ClFN5O3/c1-17-13-35(14-18(2)28(17,38)19-4-7-21(30)8-5-19)27(37)23-16-34(25-10-11-26(36)33(3)32-25)15-22(23)24-9-6-20(29)12-31-24/h4-12,17-18,22-23,38H,13-16H2,1-3H3/t17-,18+,22-,23+,28?/m1/s1. The molecular formula is C28H31ClFN5O3. The number of aryl methyl sites for hydroxylation is 1. The number of carbonyl (C=O) groups is 1. The molecule has 200 valence electrons. The minimum Gasteiger partial charge on any atom is -0.384 e. The summed E-state index contributed by atoms with van der Waals surface area (Å²) in [6.45, 7) is 5.51. The van der Waals surface area contributed by atoms with E-state index >= 15 is 0 Å². The lowest BCUT2D eigenvalue weighted by Gasteiger charge is -2.48. The van der Waals surface area contributed by atoms with Crippen molar-refractivity contribution in [3.05, 3.63) is 87.2 Å². The first-order chi connectivity index (χ1) is 18.1. The van der Waals surface area contributed by atoms with E-state index in [0.29, 0.717) is 42.6 Å². The van der Waals surface area contributed by atoms with Crippen LogP contribution in [0.15, 0.2) is 59.5 Å². The molecule has 5 atom stereocenters. The van der Waals surface area contributed by atoms with Crippen LogP contribution in [0, 0.1) is 23.6 Å². The van der Waals surface area contributed by atoms with Gasteiger partial charge in [-0.25, -0.2) is 9.07 Å². The molecule has 38 heavy (non-hydrogen) atoms. The number of anilines is 1. The number of likely N-dealkylation sites (tertiary alicyclic amines) is 1. The van der Waals surface area contributed by atoms with E-state index in [1.165, 1.54) is 22.9 Å². The molecule has 4 heterocycles. The smallest absolute Gasteiger partial charge is 0.266 e. The highest BCUT2D eigenvalue weighted by Crippen LogP contribution is 2.43. The molecule has 2 aliphatic heterocycles. The summed E-state index contributed by atoms with van der Waals surface area (Å²) >= 11 is 6.08. The summed E-state index contributed by atoms with van der Waals surface area (Å²) in [6.07, 6.45) is 1.58. The number of nitrogens with zero attached hydrogens (tertiary/aromatic N) is 5. The van der Waals surface area contributed by atoms with Crippen LogP contribution in [-0.2, 0) is 17.4 Å². The third-order valence-electron chi connectivity index (χ3n) is 8.15. The Hall–Kier alpha value is -3.30. The zero-order valence-electron chi connectivity index (χ0n) is 21.6. The molecular weight excluding hydrogens is 509 g/mol. The molecule has 2 saturated heterocycles. The molecule has 10 heteroatoms. The number of hydrogen-bond donors (Lipinski definition) is 1. The average Bonchev–Trinajstić information content (AvgIpc) is 3.34. The minimum absolute atomic E-state index is 0.0149. The Morgan fingerprint density at radius 3 is 2.32 bits per heavy atom. The van der Waals surface area contributed by atoms with Crippen molar-refractivity contribution >= 4 is 23.3 Å². The monoisotopic (exact) mass is 539 g/mol. The molecule has 1 unspecified atom stereocenters. The third kappa shape index (κ3) is 4.69. The van der Waals surface area contributed by atoms with Crippen LogP contribution in [0.3, 0.4) is 0 Å². The van der Waals surface area contributed by atoms with Crippen LogP contribution in [0.25, 0.3) is 0 Å². The molecule has 0 bridgehead atoms. The molecule has 3 aromatic rings. The van der Waals surface area contributed by atoms with Crippen molar-refractivity contribution in [1.82, 2.24) is 19.7 Å². The molecule has 0 spiro atoms. The van der Waals surface area contributed by atoms with Crippen molar-refractivity contribution in [2.24, 2.45) is 24.8 Å². The number of benzene rings is 1. The Balaban J connectivity index is 1.42. The Kier molecular flexibility index (Phi) is 7.00. The van der Waals surface area contributed by atoms with E-state index < -0.39 is 11.5 Å². The van der Waals surface area contributed by atoms with Gasteiger partial charge in [-0.3, -0.25) is 14.6 Å². The summed E-state index contributed by atoms with van der Waals surface area (Å²) in [5.41, 5.74) is 0.0340. The first-order valence-electron chi connectivity index (χ1n) is 12.8. The lowest BCUT2D eigenvalue weighted by molar-refractivity contribution is -0.152. The number of carbonyl (C=O) groups excluding carboxylic acids is 1. The quantitative estimate of drug-likeness (QED) is 0.547. The molecule has 2 fully saturated rings. The van der Waals surface area contributed by atoms with E-state index in [4.69, 9.17) is 11.6 Å². The number of aliphatic hydroxyl groups is 1. The molecule has 2 aromatic heterocycles. The number of rotatable bonds is 4. The highest BCUT2D eigenvalue weighted by Gasteiger charge is 2.49. The van der Waals surface area contributed by atoms with Gasteiger partial charge < -0.3 is 14.9 Å². The molecule has 0 radical (unpaired) electrons. The van der Waals surface area contributed by atoms with Crippen LogP contribution in [0.1, 0.15) is 31.0 Å². The molecule has 1 amide bonds. The van der Waals surface area contributed by atoms with Gasteiger partial charge in [-0.05, 0) is 35.9 Å². The Morgan fingerprint density at radius 1 is 1.03 bits per heavy atom. The fourth-order valence-electron chi connectivity index (χ4n) is 6.01. The Morgan fingerprint density at radius 2 is 1.71 bits per heavy atom. The second kappa shape index (κ2) is 10.1. The lowest BCUT2D eigenvalue weighted by atomic mass is 9.70. The van der Waals surface area contributed by atoms with Crippen molar-refractivity contribution in [3.8, 4) is 0 Å². The normalized spacial score (nSPS) is 27.5. The second-order valence-electron chi connectivity index (χ2n) is 10.6. The topological polar surface area (TPSA) is 91.6 Å². The maximum atomic E-state index is 14.1. The summed E-state index contributed by atoms with van der Waals surface area (Å²) in [6, 6.07) is 12.7. The zero-order chi connectivity index (χ0) is 27.2. The van der Waals surface area contributed by atoms with Gasteiger partial charge in [0.25, 0.3) is 5.56 Å². The van der Waals surface area contributed by atoms with Crippen LogP contribution < -0.4 is 10.5 Å². The largest absolute Gasteiger partial charge is 0.384 e. The van der Waals surface area contributed by atoms with Gasteiger partial charge in [0, 0.05) is 68.9 Å². The van der Waals surface area contributed by atoms with Gasteiger partial charge in [0.05, 0.1) is 16.5 Å². The summed E-state index contributed by atoms with van der Waals surface area (Å²) < 4.78 is 14.8. The number of amides is 1. The molecule has 8 nitrogen and oxygen atoms in total. The van der Waals surface area contributed by atoms with E-state index in [9.17, 15) is 19.1 Å². The lowest BCUT2D eigenvalue weighted by Crippen LogP contribution is -2.57. The van der Waals surface area contributed by atoms with E-state index in [1.54, 1.807) is 37.5 Å². The molecule has 0 saturated carbocycles. The molecule has 1 aromatic carbocycles. The molecule has 1 N–H and O–H groups in total. The van der Waals surface area contributed by atoms with Crippen molar-refractivity contribution in [2.45, 2.75) is 25.4 Å². The SMILES string of the molecule is C[C@@H]1CN(C(=O)[C@H]2CN(c3ccc(=O)n(C)n3)C[C@H]2c2ccc(Cl)cn2)C[C@H](C)C1(O)c1ccc(F)cc1. The number of hydrogen-bond acceptors (Lipinski definition) is 6. The highest BCUT2D eigenvalue weighted by atomic mass is 35.5. The Labute approximate surface area is 225 Å². The number of piperidine rings is 1. The predicted molar refractivity (Wildman–Crippen MR) is 142 cm³/mol. The number of pyridine rings is 1. The van der Waals surface area contributed by atoms with E-state index in [0.717, 1.165) is 5.69 Å². The zero-order valence-corrected chi connectivity index (χ0v) is 22.3. The summed E-state index contributed by atoms with van der Waals surface area (Å²) in [5.74, 6) is -0.898. The Bertz CT molecular complexity index is 1370. The first-order valence-corrected chi connectivity index (χ1v) is 13.1. The van der Waals surface area contributed by atoms with Crippen molar-refractivity contribution in [1.29, 1.82) is 0 Å². The van der Waals surface area contributed by atoms with Crippen molar-refractivity contribution in [3.63, 3.8) is 0 Å². The molecule has 0 aliphatic carbocycles. The maximum Gasteiger partial charge on any atom is 0.266 e. The van der Waals surface area contributed by atoms with Crippen LogP contribution in [0.5, 0.6) is 0 Å². The fraction of sp³-hybridized carbons (Fsp3) is 0.429. The number of halogens is 2.